The zero-order chi connectivity index (χ0) is 15.4. The zero-order valence-electron chi connectivity index (χ0n) is 11.1. The number of thiophene rings is 1. The molecule has 1 aromatic heterocycles. The number of amides is 1. The molecule has 0 aliphatic rings. The fourth-order valence-electron chi connectivity index (χ4n) is 1.72. The van der Waals surface area contributed by atoms with Gasteiger partial charge in [-0.05, 0) is 23.6 Å². The summed E-state index contributed by atoms with van der Waals surface area (Å²) >= 11 is 1.44. The van der Waals surface area contributed by atoms with Gasteiger partial charge in [-0.3, -0.25) is 14.9 Å². The van der Waals surface area contributed by atoms with Gasteiger partial charge in [-0.2, -0.15) is 4.39 Å². The molecule has 0 atom stereocenters. The molecular formula is C13H12FN3O3S. The number of carbonyl (C=O) groups is 1. The van der Waals surface area contributed by atoms with Gasteiger partial charge in [0.2, 0.25) is 11.7 Å². The van der Waals surface area contributed by atoms with E-state index in [9.17, 15) is 19.3 Å². The van der Waals surface area contributed by atoms with Gasteiger partial charge in [-0.15, -0.1) is 11.3 Å². The van der Waals surface area contributed by atoms with Gasteiger partial charge < -0.3 is 10.6 Å². The van der Waals surface area contributed by atoms with E-state index in [1.54, 1.807) is 6.07 Å². The summed E-state index contributed by atoms with van der Waals surface area (Å²) in [7, 11) is 0. The maximum absolute atomic E-state index is 13.2. The van der Waals surface area contributed by atoms with Crippen LogP contribution < -0.4 is 10.6 Å². The zero-order valence-corrected chi connectivity index (χ0v) is 11.9. The molecule has 0 fully saturated rings. The Balaban J connectivity index is 2.10. The second-order valence-corrected chi connectivity index (χ2v) is 5.22. The Morgan fingerprint density at radius 1 is 1.43 bits per heavy atom. The number of hydrogen-bond donors (Lipinski definition) is 2. The minimum Gasteiger partial charge on any atom is -0.380 e. The third kappa shape index (κ3) is 3.76. The van der Waals surface area contributed by atoms with Gasteiger partial charge in [0, 0.05) is 23.6 Å². The molecule has 2 N–H and O–H groups in total. The molecule has 0 bridgehead atoms. The highest BCUT2D eigenvalue weighted by atomic mass is 32.1. The molecule has 110 valence electrons. The highest BCUT2D eigenvalue weighted by molar-refractivity contribution is 7.10. The van der Waals surface area contributed by atoms with E-state index in [1.807, 2.05) is 5.38 Å². The molecule has 0 radical (unpaired) electrons. The summed E-state index contributed by atoms with van der Waals surface area (Å²) in [6, 6.07) is 5.38. The van der Waals surface area contributed by atoms with Gasteiger partial charge >= 0.3 is 5.69 Å². The van der Waals surface area contributed by atoms with Crippen molar-refractivity contribution >= 4 is 34.3 Å². The maximum atomic E-state index is 13.2. The summed E-state index contributed by atoms with van der Waals surface area (Å²) < 4.78 is 13.2. The van der Waals surface area contributed by atoms with Gasteiger partial charge in [0.1, 0.15) is 0 Å². The van der Waals surface area contributed by atoms with Gasteiger partial charge in [0.05, 0.1) is 17.2 Å². The number of benzene rings is 1. The van der Waals surface area contributed by atoms with Crippen LogP contribution in [0.2, 0.25) is 0 Å². The number of carbonyl (C=O) groups excluding carboxylic acids is 1. The Bertz CT molecular complexity index is 687. The first-order chi connectivity index (χ1) is 9.97. The van der Waals surface area contributed by atoms with E-state index in [1.165, 1.54) is 24.3 Å². The van der Waals surface area contributed by atoms with Crippen molar-refractivity contribution in [2.24, 2.45) is 0 Å². The third-order valence-electron chi connectivity index (χ3n) is 2.65. The van der Waals surface area contributed by atoms with E-state index in [4.69, 9.17) is 0 Å². The predicted octanol–water partition coefficient (Wildman–Crippen LogP) is 3.37. The minimum atomic E-state index is -0.874. The number of halogens is 1. The average Bonchev–Trinajstić information content (AvgIpc) is 2.84. The molecule has 1 heterocycles. The molecule has 1 aromatic carbocycles. The summed E-state index contributed by atoms with van der Waals surface area (Å²) in [5.41, 5.74) is 0.551. The van der Waals surface area contributed by atoms with Crippen molar-refractivity contribution < 1.29 is 14.1 Å². The second kappa shape index (κ2) is 6.31. The first kappa shape index (κ1) is 14.9. The number of nitrogens with one attached hydrogen (secondary N) is 2. The standard InChI is InChI=1S/C13H12FN3O3S/c1-8(18)16-11-4-5-21-13(11)7-15-9-2-3-10(14)12(6-9)17(19)20/h2-6,15H,7H2,1H3,(H,16,18). The van der Waals surface area contributed by atoms with Crippen LogP contribution in [0.5, 0.6) is 0 Å². The summed E-state index contributed by atoms with van der Waals surface area (Å²) in [6.45, 7) is 1.79. The van der Waals surface area contributed by atoms with Crippen molar-refractivity contribution in [1.82, 2.24) is 0 Å². The van der Waals surface area contributed by atoms with Crippen LogP contribution in [0.3, 0.4) is 0 Å². The fourth-order valence-corrected chi connectivity index (χ4v) is 2.49. The largest absolute Gasteiger partial charge is 0.380 e. The van der Waals surface area contributed by atoms with Gasteiger partial charge in [-0.25, -0.2) is 0 Å². The van der Waals surface area contributed by atoms with E-state index in [-0.39, 0.29) is 5.91 Å². The van der Waals surface area contributed by atoms with E-state index < -0.39 is 16.4 Å². The van der Waals surface area contributed by atoms with Crippen molar-refractivity contribution in [1.29, 1.82) is 0 Å². The quantitative estimate of drug-likeness (QED) is 0.655. The number of anilines is 2. The summed E-state index contributed by atoms with van der Waals surface area (Å²) in [5.74, 6) is -1.05. The van der Waals surface area contributed by atoms with Gasteiger partial charge in [0.25, 0.3) is 0 Å². The van der Waals surface area contributed by atoms with Crippen molar-refractivity contribution in [3.63, 3.8) is 0 Å². The smallest absolute Gasteiger partial charge is 0.306 e. The molecule has 8 heteroatoms. The summed E-state index contributed by atoms with van der Waals surface area (Å²) in [4.78, 5) is 21.8. The Kier molecular flexibility index (Phi) is 4.49. The van der Waals surface area contributed by atoms with Crippen molar-refractivity contribution in [3.8, 4) is 0 Å². The van der Waals surface area contributed by atoms with Crippen molar-refractivity contribution in [2.45, 2.75) is 13.5 Å². The van der Waals surface area contributed by atoms with Crippen LogP contribution in [0.4, 0.5) is 21.5 Å². The Morgan fingerprint density at radius 2 is 2.19 bits per heavy atom. The fraction of sp³-hybridized carbons (Fsp3) is 0.154. The summed E-state index contributed by atoms with van der Waals surface area (Å²) in [5, 5.41) is 18.2. The van der Waals surface area contributed by atoms with Crippen LogP contribution in [0.1, 0.15) is 11.8 Å². The second-order valence-electron chi connectivity index (χ2n) is 4.22. The highest BCUT2D eigenvalue weighted by Crippen LogP contribution is 2.25. The molecule has 0 saturated carbocycles. The molecule has 21 heavy (non-hydrogen) atoms. The Morgan fingerprint density at radius 3 is 2.86 bits per heavy atom. The molecular weight excluding hydrogens is 297 g/mol. The van der Waals surface area contributed by atoms with Crippen LogP contribution in [-0.2, 0) is 11.3 Å². The van der Waals surface area contributed by atoms with Crippen LogP contribution in [0.25, 0.3) is 0 Å². The van der Waals surface area contributed by atoms with E-state index in [2.05, 4.69) is 10.6 Å². The topological polar surface area (TPSA) is 84.3 Å². The Labute approximate surface area is 123 Å². The SMILES string of the molecule is CC(=O)Nc1ccsc1CNc1ccc(F)c([N+](=O)[O-])c1. The van der Waals surface area contributed by atoms with Crippen molar-refractivity contribution in [3.05, 3.63) is 50.5 Å². The molecule has 0 aliphatic heterocycles. The normalized spacial score (nSPS) is 10.2. The minimum absolute atomic E-state index is 0.174. The first-order valence-electron chi connectivity index (χ1n) is 5.99. The van der Waals surface area contributed by atoms with E-state index in [0.717, 1.165) is 17.0 Å². The molecule has 2 rings (SSSR count). The van der Waals surface area contributed by atoms with Crippen molar-refractivity contribution in [2.75, 3.05) is 10.6 Å². The molecule has 6 nitrogen and oxygen atoms in total. The molecule has 0 saturated heterocycles. The lowest BCUT2D eigenvalue weighted by molar-refractivity contribution is -0.387. The number of nitro groups is 1. The summed E-state index contributed by atoms with van der Waals surface area (Å²) in [6.07, 6.45) is 0. The Hall–Kier alpha value is -2.48. The lowest BCUT2D eigenvalue weighted by Crippen LogP contribution is -2.08. The average molecular weight is 309 g/mol. The van der Waals surface area contributed by atoms with Gasteiger partial charge in [-0.1, -0.05) is 0 Å². The number of rotatable bonds is 5. The van der Waals surface area contributed by atoms with Crippen LogP contribution in [-0.4, -0.2) is 10.8 Å². The van der Waals surface area contributed by atoms with E-state index in [0.29, 0.717) is 17.9 Å². The first-order valence-corrected chi connectivity index (χ1v) is 6.87. The highest BCUT2D eigenvalue weighted by Gasteiger charge is 2.14. The predicted molar refractivity (Wildman–Crippen MR) is 79.0 cm³/mol. The molecule has 0 aliphatic carbocycles. The van der Waals surface area contributed by atoms with Crippen LogP contribution >= 0.6 is 11.3 Å². The lowest BCUT2D eigenvalue weighted by atomic mass is 10.2. The van der Waals surface area contributed by atoms with E-state index >= 15 is 0 Å². The lowest BCUT2D eigenvalue weighted by Gasteiger charge is -2.08. The number of nitrogens with zero attached hydrogens (tertiary/aromatic N) is 1. The monoisotopic (exact) mass is 309 g/mol. The number of nitro benzene ring substituents is 1. The third-order valence-corrected chi connectivity index (χ3v) is 3.57. The van der Waals surface area contributed by atoms with Gasteiger partial charge in [0.15, 0.2) is 0 Å². The molecule has 2 aromatic rings. The molecule has 0 spiro atoms. The molecule has 1 amide bonds. The molecule has 0 unspecified atom stereocenters. The maximum Gasteiger partial charge on any atom is 0.306 e. The van der Waals surface area contributed by atoms with Crippen LogP contribution in [0.15, 0.2) is 29.6 Å². The number of hydrogen-bond acceptors (Lipinski definition) is 5. The van der Waals surface area contributed by atoms with Crippen LogP contribution in [0, 0.1) is 15.9 Å².